The monoisotopic (exact) mass is 382 g/mol. The molecule has 0 radical (unpaired) electrons. The Morgan fingerprint density at radius 1 is 1.11 bits per heavy atom. The number of nitrogens with zero attached hydrogens (tertiary/aromatic N) is 1. The molecule has 0 unspecified atom stereocenters. The molecule has 0 saturated heterocycles. The number of aryl methyl sites for hydroxylation is 2. The van der Waals surface area contributed by atoms with E-state index >= 15 is 0 Å². The Kier molecular flexibility index (Phi) is 5.77. The van der Waals surface area contributed by atoms with Crippen molar-refractivity contribution in [3.63, 3.8) is 0 Å². The van der Waals surface area contributed by atoms with Crippen LogP contribution in [0.2, 0.25) is 0 Å². The van der Waals surface area contributed by atoms with Crippen molar-refractivity contribution < 1.29 is 9.59 Å². The van der Waals surface area contributed by atoms with Crippen LogP contribution in [-0.4, -0.2) is 21.8 Å². The third-order valence-electron chi connectivity index (χ3n) is 3.76. The standard InChI is InChI=1S/C19H18N4O3S/c1-12-2-5-14(6-3-12)21-17(25)9-7-15-11-27-19(22-15)23-18(26)13-4-8-16(24)20-10-13/h2-6,8,10-11H,7,9H2,1H3,(H,20,24)(H,21,25)(H,22,23,26). The number of hydrogen-bond donors (Lipinski definition) is 3. The highest BCUT2D eigenvalue weighted by atomic mass is 32.1. The van der Waals surface area contributed by atoms with E-state index in [2.05, 4.69) is 20.6 Å². The molecule has 3 aromatic rings. The minimum Gasteiger partial charge on any atom is -0.328 e. The zero-order valence-corrected chi connectivity index (χ0v) is 15.4. The fourth-order valence-corrected chi connectivity index (χ4v) is 3.04. The minimum absolute atomic E-state index is 0.0920. The highest BCUT2D eigenvalue weighted by Crippen LogP contribution is 2.18. The summed E-state index contributed by atoms with van der Waals surface area (Å²) in [6.45, 7) is 1.99. The van der Waals surface area contributed by atoms with Gasteiger partial charge in [0.05, 0.1) is 11.3 Å². The lowest BCUT2D eigenvalue weighted by atomic mass is 10.2. The van der Waals surface area contributed by atoms with E-state index in [1.165, 1.54) is 29.7 Å². The Bertz CT molecular complexity index is 988. The zero-order valence-electron chi connectivity index (χ0n) is 14.6. The Morgan fingerprint density at radius 2 is 1.89 bits per heavy atom. The first-order chi connectivity index (χ1) is 13.0. The van der Waals surface area contributed by atoms with Gasteiger partial charge in [-0.2, -0.15) is 0 Å². The van der Waals surface area contributed by atoms with Crippen LogP contribution in [0.3, 0.4) is 0 Å². The van der Waals surface area contributed by atoms with Crippen LogP contribution in [0.25, 0.3) is 0 Å². The van der Waals surface area contributed by atoms with Gasteiger partial charge in [0.15, 0.2) is 5.13 Å². The second kappa shape index (κ2) is 8.41. The van der Waals surface area contributed by atoms with Crippen LogP contribution in [0, 0.1) is 6.92 Å². The first kappa shape index (κ1) is 18.5. The van der Waals surface area contributed by atoms with Gasteiger partial charge < -0.3 is 10.3 Å². The predicted molar refractivity (Wildman–Crippen MR) is 105 cm³/mol. The first-order valence-electron chi connectivity index (χ1n) is 8.30. The van der Waals surface area contributed by atoms with Gasteiger partial charge in [-0.25, -0.2) is 4.98 Å². The molecule has 138 valence electrons. The van der Waals surface area contributed by atoms with Crippen molar-refractivity contribution in [2.24, 2.45) is 0 Å². The molecule has 0 saturated carbocycles. The molecule has 0 spiro atoms. The molecule has 3 rings (SSSR count). The molecule has 7 nitrogen and oxygen atoms in total. The van der Waals surface area contributed by atoms with Crippen molar-refractivity contribution in [3.8, 4) is 0 Å². The summed E-state index contributed by atoms with van der Waals surface area (Å²) in [7, 11) is 0. The number of H-pyrrole nitrogens is 1. The molecular weight excluding hydrogens is 364 g/mol. The highest BCUT2D eigenvalue weighted by molar-refractivity contribution is 7.14. The maximum atomic E-state index is 12.1. The van der Waals surface area contributed by atoms with Crippen LogP contribution in [0.4, 0.5) is 10.8 Å². The molecule has 2 heterocycles. The molecule has 2 aromatic heterocycles. The number of carbonyl (C=O) groups is 2. The van der Waals surface area contributed by atoms with Gasteiger partial charge >= 0.3 is 0 Å². The quantitative estimate of drug-likeness (QED) is 0.610. The maximum absolute atomic E-state index is 12.1. The van der Waals surface area contributed by atoms with Gasteiger partial charge in [0.2, 0.25) is 11.5 Å². The summed E-state index contributed by atoms with van der Waals surface area (Å²) in [6, 6.07) is 10.3. The van der Waals surface area contributed by atoms with Gasteiger partial charge in [-0.15, -0.1) is 11.3 Å². The lowest BCUT2D eigenvalue weighted by Gasteiger charge is -2.04. The second-order valence-corrected chi connectivity index (χ2v) is 6.81. The van der Waals surface area contributed by atoms with Gasteiger partial charge in [-0.3, -0.25) is 19.7 Å². The molecule has 27 heavy (non-hydrogen) atoms. The normalized spacial score (nSPS) is 10.4. The van der Waals surface area contributed by atoms with E-state index in [1.54, 1.807) is 0 Å². The molecule has 0 aliphatic carbocycles. The third kappa shape index (κ3) is 5.35. The first-order valence-corrected chi connectivity index (χ1v) is 9.18. The molecule has 0 fully saturated rings. The zero-order chi connectivity index (χ0) is 19.2. The third-order valence-corrected chi connectivity index (χ3v) is 4.57. The van der Waals surface area contributed by atoms with Crippen molar-refractivity contribution in [3.05, 3.63) is 75.1 Å². The molecule has 3 N–H and O–H groups in total. The number of carbonyl (C=O) groups excluding carboxylic acids is 2. The van der Waals surface area contributed by atoms with Crippen molar-refractivity contribution >= 4 is 34.0 Å². The molecule has 0 aliphatic heterocycles. The summed E-state index contributed by atoms with van der Waals surface area (Å²) in [4.78, 5) is 41.9. The average Bonchev–Trinajstić information content (AvgIpc) is 3.10. The van der Waals surface area contributed by atoms with Crippen molar-refractivity contribution in [1.82, 2.24) is 9.97 Å². The van der Waals surface area contributed by atoms with E-state index in [-0.39, 0.29) is 17.4 Å². The van der Waals surface area contributed by atoms with Gasteiger partial charge in [0, 0.05) is 29.8 Å². The maximum Gasteiger partial charge on any atom is 0.258 e. The Labute approximate surface area is 159 Å². The van der Waals surface area contributed by atoms with E-state index < -0.39 is 0 Å². The lowest BCUT2D eigenvalue weighted by molar-refractivity contribution is -0.116. The minimum atomic E-state index is -0.357. The average molecular weight is 382 g/mol. The number of rotatable bonds is 6. The number of benzene rings is 1. The number of anilines is 2. The topological polar surface area (TPSA) is 104 Å². The molecule has 8 heteroatoms. The predicted octanol–water partition coefficient (Wildman–Crippen LogP) is 2.96. The fraction of sp³-hybridized carbons (Fsp3) is 0.158. The van der Waals surface area contributed by atoms with Crippen molar-refractivity contribution in [2.75, 3.05) is 10.6 Å². The van der Waals surface area contributed by atoms with Gasteiger partial charge in [-0.1, -0.05) is 17.7 Å². The van der Waals surface area contributed by atoms with E-state index in [0.29, 0.717) is 23.5 Å². The Hall–Kier alpha value is -3.26. The van der Waals surface area contributed by atoms with Crippen LogP contribution in [0.5, 0.6) is 0 Å². The number of pyridine rings is 1. The molecule has 0 bridgehead atoms. The summed E-state index contributed by atoms with van der Waals surface area (Å²) in [5, 5.41) is 7.77. The van der Waals surface area contributed by atoms with E-state index in [4.69, 9.17) is 0 Å². The number of nitrogens with one attached hydrogen (secondary N) is 3. The highest BCUT2D eigenvalue weighted by Gasteiger charge is 2.10. The molecule has 0 aliphatic rings. The number of thiazole rings is 1. The van der Waals surface area contributed by atoms with Crippen LogP contribution in [0.15, 0.2) is 52.8 Å². The largest absolute Gasteiger partial charge is 0.328 e. The van der Waals surface area contributed by atoms with Crippen LogP contribution in [0.1, 0.15) is 28.0 Å². The summed E-state index contributed by atoms with van der Waals surface area (Å²) in [6.07, 6.45) is 2.12. The van der Waals surface area contributed by atoms with E-state index in [1.807, 2.05) is 36.6 Å². The van der Waals surface area contributed by atoms with Gasteiger partial charge in [0.25, 0.3) is 5.91 Å². The summed E-state index contributed by atoms with van der Waals surface area (Å²) in [5.74, 6) is -0.449. The van der Waals surface area contributed by atoms with E-state index in [9.17, 15) is 14.4 Å². The van der Waals surface area contributed by atoms with Crippen LogP contribution >= 0.6 is 11.3 Å². The number of amides is 2. The molecule has 1 aromatic carbocycles. The molecule has 2 amide bonds. The summed E-state index contributed by atoms with van der Waals surface area (Å²) in [5.41, 5.74) is 2.69. The SMILES string of the molecule is Cc1ccc(NC(=O)CCc2csc(NC(=O)c3ccc(=O)[nH]c3)n2)cc1. The lowest BCUT2D eigenvalue weighted by Crippen LogP contribution is -2.14. The van der Waals surface area contributed by atoms with Crippen molar-refractivity contribution in [1.29, 1.82) is 0 Å². The van der Waals surface area contributed by atoms with E-state index in [0.717, 1.165) is 16.9 Å². The Balaban J connectivity index is 1.50. The molecule has 0 atom stereocenters. The summed E-state index contributed by atoms with van der Waals surface area (Å²) < 4.78 is 0. The van der Waals surface area contributed by atoms with Crippen LogP contribution < -0.4 is 16.2 Å². The number of aromatic amines is 1. The number of aromatic nitrogens is 2. The summed E-state index contributed by atoms with van der Waals surface area (Å²) >= 11 is 1.29. The van der Waals surface area contributed by atoms with Gasteiger partial charge in [-0.05, 0) is 31.5 Å². The van der Waals surface area contributed by atoms with Gasteiger partial charge in [0.1, 0.15) is 0 Å². The van der Waals surface area contributed by atoms with Crippen LogP contribution in [-0.2, 0) is 11.2 Å². The number of hydrogen-bond acceptors (Lipinski definition) is 5. The molecular formula is C19H18N4O3S. The second-order valence-electron chi connectivity index (χ2n) is 5.95. The smallest absolute Gasteiger partial charge is 0.258 e. The fourth-order valence-electron chi connectivity index (χ4n) is 2.30. The van der Waals surface area contributed by atoms with Crippen molar-refractivity contribution in [2.45, 2.75) is 19.8 Å². The Morgan fingerprint density at radius 3 is 2.59 bits per heavy atom.